The van der Waals surface area contributed by atoms with Gasteiger partial charge in [-0.2, -0.15) is 5.26 Å². The average molecular weight is 289 g/mol. The summed E-state index contributed by atoms with van der Waals surface area (Å²) in [6.45, 7) is 0. The Morgan fingerprint density at radius 2 is 2.25 bits per heavy atom. The van der Waals surface area contributed by atoms with Crippen LogP contribution in [0, 0.1) is 11.3 Å². The van der Waals surface area contributed by atoms with Crippen LogP contribution in [0.15, 0.2) is 35.4 Å². The highest BCUT2D eigenvalue weighted by Gasteiger charge is 2.18. The molecule has 0 atom stereocenters. The second kappa shape index (κ2) is 5.81. The molecule has 1 amide bonds. The highest BCUT2D eigenvalue weighted by molar-refractivity contribution is 6.49. The van der Waals surface area contributed by atoms with Crippen LogP contribution in [-0.2, 0) is 11.2 Å². The van der Waals surface area contributed by atoms with Crippen LogP contribution in [0.3, 0.4) is 0 Å². The molecule has 20 heavy (non-hydrogen) atoms. The number of rotatable bonds is 3. The number of carbonyl (C=O) groups is 1. The number of fused-ring (bicyclic) bond motifs is 1. The van der Waals surface area contributed by atoms with Gasteiger partial charge in [-0.1, -0.05) is 11.6 Å². The normalized spacial score (nSPS) is 14.6. The molecule has 0 bridgehead atoms. The second-order valence-electron chi connectivity index (χ2n) is 4.40. The molecule has 0 heterocycles. The number of allylic oxidation sites excluding steroid dienone is 2. The fraction of sp³-hybridized carbons (Fsp3) is 0.200. The number of primary amides is 1. The number of halogens is 1. The van der Waals surface area contributed by atoms with E-state index in [1.807, 2.05) is 18.2 Å². The third-order valence-corrected chi connectivity index (χ3v) is 3.65. The van der Waals surface area contributed by atoms with Crippen LogP contribution in [0.1, 0.15) is 17.5 Å². The van der Waals surface area contributed by atoms with E-state index >= 15 is 0 Å². The fourth-order valence-electron chi connectivity index (χ4n) is 2.14. The number of hydrogen-bond donors (Lipinski definition) is 1. The van der Waals surface area contributed by atoms with Crippen molar-refractivity contribution in [3.63, 3.8) is 0 Å². The lowest BCUT2D eigenvalue weighted by Gasteiger charge is -2.18. The van der Waals surface area contributed by atoms with E-state index in [2.05, 4.69) is 0 Å². The van der Waals surface area contributed by atoms with Crippen molar-refractivity contribution in [3.8, 4) is 11.8 Å². The van der Waals surface area contributed by atoms with E-state index in [-0.39, 0.29) is 5.57 Å². The minimum atomic E-state index is -0.745. The van der Waals surface area contributed by atoms with Crippen molar-refractivity contribution in [2.45, 2.75) is 12.8 Å². The number of amides is 1. The van der Waals surface area contributed by atoms with Gasteiger partial charge in [0.05, 0.1) is 12.1 Å². The summed E-state index contributed by atoms with van der Waals surface area (Å²) in [4.78, 5) is 11.1. The number of ether oxygens (including phenoxy) is 1. The van der Waals surface area contributed by atoms with Crippen LogP contribution >= 0.6 is 11.6 Å². The third-order valence-electron chi connectivity index (χ3n) is 3.20. The van der Waals surface area contributed by atoms with E-state index in [1.54, 1.807) is 13.2 Å². The molecule has 0 saturated carbocycles. The number of benzene rings is 1. The second-order valence-corrected chi connectivity index (χ2v) is 4.77. The Morgan fingerprint density at radius 3 is 2.85 bits per heavy atom. The molecule has 2 rings (SSSR count). The van der Waals surface area contributed by atoms with E-state index in [0.717, 1.165) is 28.9 Å². The Balaban J connectivity index is 2.47. The summed E-state index contributed by atoms with van der Waals surface area (Å²) in [5.74, 6) is 0.0343. The van der Waals surface area contributed by atoms with Gasteiger partial charge in [-0.15, -0.1) is 0 Å². The number of nitriles is 1. The predicted octanol–water partition coefficient (Wildman–Crippen LogP) is 2.53. The average Bonchev–Trinajstić information content (AvgIpc) is 2.45. The van der Waals surface area contributed by atoms with E-state index in [9.17, 15) is 4.79 Å². The van der Waals surface area contributed by atoms with Crippen LogP contribution in [0.5, 0.6) is 5.75 Å². The standard InChI is InChI=1S/C15H13ClN2O2/c1-20-12-4-5-13-9(7-12)2-3-10(14(13)16)6-11(8-17)15(18)19/h4-7H,2-3H2,1H3,(H2,18,19)/b11-6-. The van der Waals surface area contributed by atoms with Gasteiger partial charge in [0.25, 0.3) is 5.91 Å². The number of methoxy groups -OCH3 is 1. The predicted molar refractivity (Wildman–Crippen MR) is 77.0 cm³/mol. The molecule has 0 saturated heterocycles. The quantitative estimate of drug-likeness (QED) is 0.686. The Bertz CT molecular complexity index is 669. The summed E-state index contributed by atoms with van der Waals surface area (Å²) >= 11 is 6.35. The lowest BCUT2D eigenvalue weighted by atomic mass is 9.90. The monoisotopic (exact) mass is 288 g/mol. The van der Waals surface area contributed by atoms with Crippen LogP contribution < -0.4 is 10.5 Å². The number of hydrogen-bond acceptors (Lipinski definition) is 3. The van der Waals surface area contributed by atoms with Crippen molar-refractivity contribution < 1.29 is 9.53 Å². The van der Waals surface area contributed by atoms with Crippen molar-refractivity contribution >= 4 is 22.5 Å². The van der Waals surface area contributed by atoms with E-state index < -0.39 is 5.91 Å². The Kier molecular flexibility index (Phi) is 4.11. The first kappa shape index (κ1) is 14.2. The molecule has 0 radical (unpaired) electrons. The summed E-state index contributed by atoms with van der Waals surface area (Å²) in [5.41, 5.74) is 7.77. The van der Waals surface area contributed by atoms with Gasteiger partial charge in [0, 0.05) is 0 Å². The molecular formula is C15H13ClN2O2. The molecule has 1 aromatic carbocycles. The first-order valence-corrected chi connectivity index (χ1v) is 6.42. The fourth-order valence-corrected chi connectivity index (χ4v) is 2.47. The first-order chi connectivity index (χ1) is 9.56. The van der Waals surface area contributed by atoms with Gasteiger partial charge in [0.15, 0.2) is 0 Å². The molecule has 4 nitrogen and oxygen atoms in total. The van der Waals surface area contributed by atoms with Crippen molar-refractivity contribution in [2.24, 2.45) is 5.73 Å². The van der Waals surface area contributed by atoms with E-state index in [0.29, 0.717) is 11.5 Å². The van der Waals surface area contributed by atoms with Gasteiger partial charge in [0.1, 0.15) is 17.4 Å². The van der Waals surface area contributed by atoms with Crippen LogP contribution in [0.4, 0.5) is 0 Å². The molecule has 0 aromatic heterocycles. The number of nitrogens with two attached hydrogens (primary N) is 1. The Morgan fingerprint density at radius 1 is 1.50 bits per heavy atom. The third kappa shape index (κ3) is 2.68. The zero-order valence-electron chi connectivity index (χ0n) is 10.9. The minimum absolute atomic E-state index is 0.0879. The summed E-state index contributed by atoms with van der Waals surface area (Å²) < 4.78 is 5.18. The topological polar surface area (TPSA) is 76.1 Å². The van der Waals surface area contributed by atoms with Crippen molar-refractivity contribution in [3.05, 3.63) is 46.5 Å². The molecule has 1 aromatic rings. The van der Waals surface area contributed by atoms with E-state index in [1.165, 1.54) is 6.08 Å². The van der Waals surface area contributed by atoms with Crippen LogP contribution in [0.2, 0.25) is 0 Å². The molecule has 0 spiro atoms. The first-order valence-electron chi connectivity index (χ1n) is 6.04. The van der Waals surface area contributed by atoms with Crippen LogP contribution in [0.25, 0.3) is 5.03 Å². The zero-order chi connectivity index (χ0) is 14.7. The molecule has 2 N–H and O–H groups in total. The van der Waals surface area contributed by atoms with Crippen molar-refractivity contribution in [1.29, 1.82) is 5.26 Å². The van der Waals surface area contributed by atoms with Crippen molar-refractivity contribution in [1.82, 2.24) is 0 Å². The summed E-state index contributed by atoms with van der Waals surface area (Å²) in [5, 5.41) is 9.42. The smallest absolute Gasteiger partial charge is 0.259 e. The summed E-state index contributed by atoms with van der Waals surface area (Å²) in [6, 6.07) is 7.43. The molecule has 0 unspecified atom stereocenters. The maximum Gasteiger partial charge on any atom is 0.259 e. The highest BCUT2D eigenvalue weighted by Crippen LogP contribution is 2.36. The minimum Gasteiger partial charge on any atom is -0.497 e. The molecule has 102 valence electrons. The number of aryl methyl sites for hydroxylation is 1. The molecule has 5 heteroatoms. The lowest BCUT2D eigenvalue weighted by Crippen LogP contribution is -2.13. The van der Waals surface area contributed by atoms with Gasteiger partial charge < -0.3 is 10.5 Å². The SMILES string of the molecule is COc1ccc2c(c1)CCC(/C=C(/C#N)C(N)=O)=C2Cl. The van der Waals surface area contributed by atoms with Gasteiger partial charge in [-0.3, -0.25) is 4.79 Å². The van der Waals surface area contributed by atoms with Gasteiger partial charge in [-0.05, 0) is 53.8 Å². The van der Waals surface area contributed by atoms with Crippen LogP contribution in [-0.4, -0.2) is 13.0 Å². The molecule has 0 fully saturated rings. The van der Waals surface area contributed by atoms with Gasteiger partial charge >= 0.3 is 0 Å². The highest BCUT2D eigenvalue weighted by atomic mass is 35.5. The molecule has 1 aliphatic rings. The Labute approximate surface area is 122 Å². The van der Waals surface area contributed by atoms with Crippen molar-refractivity contribution in [2.75, 3.05) is 7.11 Å². The maximum atomic E-state index is 11.1. The lowest BCUT2D eigenvalue weighted by molar-refractivity contribution is -0.114. The number of carbonyl (C=O) groups excluding carboxylic acids is 1. The number of nitrogens with zero attached hydrogens (tertiary/aromatic N) is 1. The molecule has 1 aliphatic carbocycles. The van der Waals surface area contributed by atoms with Gasteiger partial charge in [-0.25, -0.2) is 0 Å². The maximum absolute atomic E-state index is 11.1. The van der Waals surface area contributed by atoms with Gasteiger partial charge in [0.2, 0.25) is 0 Å². The Hall–Kier alpha value is -2.25. The van der Waals surface area contributed by atoms with E-state index in [4.69, 9.17) is 27.3 Å². The molecule has 0 aliphatic heterocycles. The summed E-state index contributed by atoms with van der Waals surface area (Å²) in [7, 11) is 1.61. The molecular weight excluding hydrogens is 276 g/mol. The summed E-state index contributed by atoms with van der Waals surface area (Å²) in [6.07, 6.45) is 2.89. The largest absolute Gasteiger partial charge is 0.497 e. The zero-order valence-corrected chi connectivity index (χ0v) is 11.7.